The van der Waals surface area contributed by atoms with Gasteiger partial charge in [0.2, 0.25) is 0 Å². The SMILES string of the molecule is O=C(O)C(=O)Nc1ccc2c(=O)c3c(oc2c1)C(=Cc1ccc(F)cc1)CC3. The molecule has 4 rings (SSSR count). The van der Waals surface area contributed by atoms with Crippen LogP contribution in [0.5, 0.6) is 0 Å². The van der Waals surface area contributed by atoms with Crippen LogP contribution < -0.4 is 10.7 Å². The number of hydrogen-bond donors (Lipinski definition) is 2. The summed E-state index contributed by atoms with van der Waals surface area (Å²) in [7, 11) is 0. The van der Waals surface area contributed by atoms with E-state index in [1.165, 1.54) is 30.3 Å². The van der Waals surface area contributed by atoms with Crippen LogP contribution in [0.15, 0.2) is 51.7 Å². The Kier molecular flexibility index (Phi) is 4.27. The molecule has 1 aliphatic carbocycles. The van der Waals surface area contributed by atoms with Crippen LogP contribution in [0.2, 0.25) is 0 Å². The fraction of sp³-hybridized carbons (Fsp3) is 0.0952. The summed E-state index contributed by atoms with van der Waals surface area (Å²) in [6.07, 6.45) is 3.00. The maximum Gasteiger partial charge on any atom is 0.394 e. The number of carboxylic acid groups (broad SMARTS) is 1. The number of rotatable bonds is 2. The summed E-state index contributed by atoms with van der Waals surface area (Å²) in [6.45, 7) is 0. The molecule has 6 nitrogen and oxygen atoms in total. The summed E-state index contributed by atoms with van der Waals surface area (Å²) in [4.78, 5) is 34.8. The molecular weight excluding hydrogens is 365 g/mol. The number of halogens is 1. The van der Waals surface area contributed by atoms with Crippen LogP contribution in [-0.4, -0.2) is 17.0 Å². The van der Waals surface area contributed by atoms with Crippen molar-refractivity contribution < 1.29 is 23.5 Å². The minimum absolute atomic E-state index is 0.158. The number of hydrogen-bond acceptors (Lipinski definition) is 4. The normalized spacial score (nSPS) is 14.2. The second kappa shape index (κ2) is 6.77. The van der Waals surface area contributed by atoms with Crippen molar-refractivity contribution in [3.63, 3.8) is 0 Å². The summed E-state index contributed by atoms with van der Waals surface area (Å²) < 4.78 is 19.0. The monoisotopic (exact) mass is 379 g/mol. The van der Waals surface area contributed by atoms with Gasteiger partial charge in [0.05, 0.1) is 5.39 Å². The van der Waals surface area contributed by atoms with E-state index in [0.29, 0.717) is 29.6 Å². The van der Waals surface area contributed by atoms with E-state index < -0.39 is 11.9 Å². The summed E-state index contributed by atoms with van der Waals surface area (Å²) in [5.41, 5.74) is 2.48. The van der Waals surface area contributed by atoms with Crippen molar-refractivity contribution >= 4 is 40.2 Å². The van der Waals surface area contributed by atoms with Crippen molar-refractivity contribution in [2.45, 2.75) is 12.8 Å². The number of benzene rings is 2. The molecule has 1 aromatic heterocycles. The number of aliphatic carboxylic acids is 1. The second-order valence-electron chi connectivity index (χ2n) is 6.43. The number of allylic oxidation sites excluding steroid dienone is 1. The van der Waals surface area contributed by atoms with Crippen molar-refractivity contribution in [1.29, 1.82) is 0 Å². The van der Waals surface area contributed by atoms with Crippen LogP contribution >= 0.6 is 0 Å². The van der Waals surface area contributed by atoms with E-state index in [0.717, 1.165) is 11.1 Å². The molecule has 0 atom stereocenters. The highest BCUT2D eigenvalue weighted by molar-refractivity contribution is 6.36. The van der Waals surface area contributed by atoms with Crippen molar-refractivity contribution in [3.05, 3.63) is 75.4 Å². The Bertz CT molecular complexity index is 1210. The number of fused-ring (bicyclic) bond motifs is 2. The molecule has 0 aliphatic heterocycles. The van der Waals surface area contributed by atoms with Crippen molar-refractivity contribution in [2.75, 3.05) is 5.32 Å². The van der Waals surface area contributed by atoms with Crippen molar-refractivity contribution in [3.8, 4) is 0 Å². The zero-order chi connectivity index (χ0) is 19.8. The Morgan fingerprint density at radius 2 is 1.86 bits per heavy atom. The average molecular weight is 379 g/mol. The maximum absolute atomic E-state index is 13.1. The van der Waals surface area contributed by atoms with Gasteiger partial charge in [-0.25, -0.2) is 9.18 Å². The van der Waals surface area contributed by atoms with Crippen LogP contribution in [0.1, 0.15) is 23.3 Å². The molecule has 28 heavy (non-hydrogen) atoms. The quantitative estimate of drug-likeness (QED) is 0.665. The molecule has 1 amide bonds. The van der Waals surface area contributed by atoms with Gasteiger partial charge in [0.25, 0.3) is 0 Å². The zero-order valence-corrected chi connectivity index (χ0v) is 14.5. The number of carbonyl (C=O) groups excluding carboxylic acids is 1. The minimum Gasteiger partial charge on any atom is -0.474 e. The first kappa shape index (κ1) is 17.7. The molecular formula is C21H14FNO5. The number of anilines is 1. The average Bonchev–Trinajstić information content (AvgIpc) is 3.06. The predicted octanol–water partition coefficient (Wildman–Crippen LogP) is 3.44. The fourth-order valence-electron chi connectivity index (χ4n) is 3.25. The number of carboxylic acids is 1. The zero-order valence-electron chi connectivity index (χ0n) is 14.5. The maximum atomic E-state index is 13.1. The van der Waals surface area contributed by atoms with E-state index in [-0.39, 0.29) is 22.5 Å². The van der Waals surface area contributed by atoms with Crippen LogP contribution in [-0.2, 0) is 16.0 Å². The highest BCUT2D eigenvalue weighted by Crippen LogP contribution is 2.34. The molecule has 7 heteroatoms. The van der Waals surface area contributed by atoms with Gasteiger partial charge in [-0.15, -0.1) is 0 Å². The van der Waals surface area contributed by atoms with Crippen molar-refractivity contribution in [2.24, 2.45) is 0 Å². The number of carbonyl (C=O) groups is 2. The molecule has 140 valence electrons. The molecule has 2 aromatic carbocycles. The standard InChI is InChI=1S/C21H14FNO5/c22-13-4-1-11(2-5-13)9-12-3-7-16-18(24)15-8-6-14(23-20(25)21(26)27)10-17(15)28-19(12)16/h1-2,4-6,8-10H,3,7H2,(H,23,25)(H,26,27). The van der Waals surface area contributed by atoms with Gasteiger partial charge in [-0.05, 0) is 54.3 Å². The van der Waals surface area contributed by atoms with Crippen LogP contribution in [0.25, 0.3) is 22.6 Å². The van der Waals surface area contributed by atoms with E-state index >= 15 is 0 Å². The molecule has 0 unspecified atom stereocenters. The highest BCUT2D eigenvalue weighted by Gasteiger charge is 2.24. The molecule has 1 heterocycles. The van der Waals surface area contributed by atoms with Crippen LogP contribution in [0.3, 0.4) is 0 Å². The van der Waals surface area contributed by atoms with Gasteiger partial charge >= 0.3 is 11.9 Å². The van der Waals surface area contributed by atoms with E-state index in [9.17, 15) is 18.8 Å². The highest BCUT2D eigenvalue weighted by atomic mass is 19.1. The Balaban J connectivity index is 1.78. The Morgan fingerprint density at radius 1 is 1.11 bits per heavy atom. The fourth-order valence-corrected chi connectivity index (χ4v) is 3.25. The van der Waals surface area contributed by atoms with Gasteiger partial charge in [-0.3, -0.25) is 9.59 Å². The Labute approximate surface area is 157 Å². The molecule has 0 saturated heterocycles. The summed E-state index contributed by atoms with van der Waals surface area (Å²) in [5, 5.41) is 11.3. The Morgan fingerprint density at radius 3 is 2.57 bits per heavy atom. The third kappa shape index (κ3) is 3.18. The molecule has 0 saturated carbocycles. The first-order valence-electron chi connectivity index (χ1n) is 8.53. The summed E-state index contributed by atoms with van der Waals surface area (Å²) in [5.74, 6) is -2.66. The molecule has 1 aliphatic rings. The first-order chi connectivity index (χ1) is 13.4. The van der Waals surface area contributed by atoms with E-state index in [4.69, 9.17) is 9.52 Å². The summed E-state index contributed by atoms with van der Waals surface area (Å²) in [6, 6.07) is 10.4. The molecule has 0 spiro atoms. The smallest absolute Gasteiger partial charge is 0.394 e. The molecule has 0 bridgehead atoms. The largest absolute Gasteiger partial charge is 0.474 e. The van der Waals surface area contributed by atoms with Gasteiger partial charge in [-0.1, -0.05) is 12.1 Å². The second-order valence-corrected chi connectivity index (χ2v) is 6.43. The van der Waals surface area contributed by atoms with E-state index in [1.54, 1.807) is 12.1 Å². The van der Waals surface area contributed by atoms with Crippen LogP contribution in [0.4, 0.5) is 10.1 Å². The lowest BCUT2D eigenvalue weighted by Gasteiger charge is -2.07. The number of nitrogens with one attached hydrogen (secondary N) is 1. The first-order valence-corrected chi connectivity index (χ1v) is 8.53. The van der Waals surface area contributed by atoms with Crippen molar-refractivity contribution in [1.82, 2.24) is 0 Å². The van der Waals surface area contributed by atoms with E-state index in [1.807, 2.05) is 6.08 Å². The van der Waals surface area contributed by atoms with Crippen LogP contribution in [0, 0.1) is 5.82 Å². The number of amides is 1. The molecule has 0 fully saturated rings. The lowest BCUT2D eigenvalue weighted by atomic mass is 10.1. The predicted molar refractivity (Wildman–Crippen MR) is 101 cm³/mol. The third-order valence-corrected chi connectivity index (χ3v) is 4.59. The lowest BCUT2D eigenvalue weighted by molar-refractivity contribution is -0.147. The van der Waals surface area contributed by atoms with Gasteiger partial charge in [0.1, 0.15) is 17.2 Å². The summed E-state index contributed by atoms with van der Waals surface area (Å²) >= 11 is 0. The molecule has 2 N–H and O–H groups in total. The third-order valence-electron chi connectivity index (χ3n) is 4.59. The van der Waals surface area contributed by atoms with Gasteiger partial charge in [0.15, 0.2) is 5.43 Å². The minimum atomic E-state index is -1.61. The molecule has 0 radical (unpaired) electrons. The van der Waals surface area contributed by atoms with Gasteiger partial charge in [0, 0.05) is 17.3 Å². The lowest BCUT2D eigenvalue weighted by Crippen LogP contribution is -2.21. The van der Waals surface area contributed by atoms with Gasteiger partial charge in [-0.2, -0.15) is 0 Å². The van der Waals surface area contributed by atoms with E-state index in [2.05, 4.69) is 5.32 Å². The topological polar surface area (TPSA) is 96.6 Å². The van der Waals surface area contributed by atoms with Gasteiger partial charge < -0.3 is 14.8 Å². The Hall–Kier alpha value is -3.74. The molecule has 3 aromatic rings.